The van der Waals surface area contributed by atoms with E-state index < -0.39 is 0 Å². The third-order valence-corrected chi connectivity index (χ3v) is 1.88. The maximum atomic E-state index is 11.1. The van der Waals surface area contributed by atoms with E-state index in [1.54, 1.807) is 13.0 Å². The number of esters is 1. The van der Waals surface area contributed by atoms with Crippen LogP contribution in [0, 0.1) is 6.92 Å². The molecule has 1 aromatic heterocycles. The Bertz CT molecular complexity index is 367. The van der Waals surface area contributed by atoms with Crippen LogP contribution in [0.2, 0.25) is 0 Å². The molecule has 13 heavy (non-hydrogen) atoms. The second-order valence-corrected chi connectivity index (χ2v) is 2.71. The van der Waals surface area contributed by atoms with E-state index in [0.29, 0.717) is 11.1 Å². The Morgan fingerprint density at radius 1 is 1.62 bits per heavy atom. The van der Waals surface area contributed by atoms with E-state index in [9.17, 15) is 9.59 Å². The third kappa shape index (κ3) is 2.18. The number of nitrogens with one attached hydrogen (secondary N) is 1. The zero-order valence-electron chi connectivity index (χ0n) is 7.59. The number of pyridine rings is 1. The molecule has 0 amide bonds. The zero-order chi connectivity index (χ0) is 9.84. The van der Waals surface area contributed by atoms with E-state index >= 15 is 0 Å². The van der Waals surface area contributed by atoms with Crippen molar-refractivity contribution in [2.24, 2.45) is 0 Å². The minimum atomic E-state index is -0.339. The van der Waals surface area contributed by atoms with E-state index in [2.05, 4.69) is 9.72 Å². The predicted molar refractivity (Wildman–Crippen MR) is 47.5 cm³/mol. The van der Waals surface area contributed by atoms with Crippen molar-refractivity contribution < 1.29 is 9.53 Å². The van der Waals surface area contributed by atoms with Gasteiger partial charge in [0.15, 0.2) is 0 Å². The van der Waals surface area contributed by atoms with E-state index in [4.69, 9.17) is 0 Å². The maximum absolute atomic E-state index is 11.1. The van der Waals surface area contributed by atoms with E-state index in [0.717, 1.165) is 0 Å². The number of H-pyrrole nitrogens is 1. The van der Waals surface area contributed by atoms with Crippen LogP contribution >= 0.6 is 0 Å². The van der Waals surface area contributed by atoms with Gasteiger partial charge in [0.25, 0.3) is 5.56 Å². The van der Waals surface area contributed by atoms with Gasteiger partial charge in [-0.15, -0.1) is 0 Å². The van der Waals surface area contributed by atoms with E-state index in [-0.39, 0.29) is 17.9 Å². The van der Waals surface area contributed by atoms with Crippen LogP contribution in [0.5, 0.6) is 0 Å². The highest BCUT2D eigenvalue weighted by molar-refractivity contribution is 5.72. The summed E-state index contributed by atoms with van der Waals surface area (Å²) in [7, 11) is 1.32. The number of methoxy groups -OCH3 is 1. The van der Waals surface area contributed by atoms with Crippen molar-refractivity contribution in [1.29, 1.82) is 0 Å². The standard InChI is InChI=1S/C9H11NO3/c1-6-7(5-8(11)13-2)3-4-10-9(6)12/h3-4H,5H2,1-2H3,(H,10,12). The molecule has 0 radical (unpaired) electrons. The summed E-state index contributed by atoms with van der Waals surface area (Å²) in [5.74, 6) is -0.339. The summed E-state index contributed by atoms with van der Waals surface area (Å²) >= 11 is 0. The highest BCUT2D eigenvalue weighted by atomic mass is 16.5. The number of carbonyl (C=O) groups is 1. The molecule has 0 aromatic carbocycles. The van der Waals surface area contributed by atoms with Crippen LogP contribution in [0.25, 0.3) is 0 Å². The van der Waals surface area contributed by atoms with Crippen molar-refractivity contribution >= 4 is 5.97 Å². The van der Waals surface area contributed by atoms with Gasteiger partial charge >= 0.3 is 5.97 Å². The molecule has 4 nitrogen and oxygen atoms in total. The fourth-order valence-electron chi connectivity index (χ4n) is 1.02. The fourth-order valence-corrected chi connectivity index (χ4v) is 1.02. The SMILES string of the molecule is COC(=O)Cc1cc[nH]c(=O)c1C. The molecule has 0 fully saturated rings. The first-order valence-electron chi connectivity index (χ1n) is 3.89. The summed E-state index contributed by atoms with van der Waals surface area (Å²) < 4.78 is 4.50. The van der Waals surface area contributed by atoms with Crippen LogP contribution in [0.3, 0.4) is 0 Å². The molecular weight excluding hydrogens is 170 g/mol. The predicted octanol–water partition coefficient (Wildman–Crippen LogP) is 0.399. The Hall–Kier alpha value is -1.58. The lowest BCUT2D eigenvalue weighted by atomic mass is 10.1. The summed E-state index contributed by atoms with van der Waals surface area (Å²) in [5, 5.41) is 0. The molecule has 0 unspecified atom stereocenters. The van der Waals surface area contributed by atoms with Gasteiger partial charge in [0.2, 0.25) is 0 Å². The van der Waals surface area contributed by atoms with Gasteiger partial charge in [0, 0.05) is 11.8 Å². The minimum Gasteiger partial charge on any atom is -0.469 e. The molecule has 70 valence electrons. The molecule has 1 heterocycles. The number of rotatable bonds is 2. The molecule has 1 rings (SSSR count). The molecule has 1 aromatic rings. The van der Waals surface area contributed by atoms with Crippen LogP contribution in [0.1, 0.15) is 11.1 Å². The molecule has 4 heteroatoms. The van der Waals surface area contributed by atoms with Gasteiger partial charge in [-0.2, -0.15) is 0 Å². The van der Waals surface area contributed by atoms with Gasteiger partial charge < -0.3 is 9.72 Å². The van der Waals surface area contributed by atoms with Gasteiger partial charge in [-0.25, -0.2) is 0 Å². The van der Waals surface area contributed by atoms with Crippen molar-refractivity contribution in [1.82, 2.24) is 4.98 Å². The molecule has 0 bridgehead atoms. The minimum absolute atomic E-state index is 0.145. The highest BCUT2D eigenvalue weighted by Gasteiger charge is 2.06. The first-order chi connectivity index (χ1) is 6.15. The Morgan fingerprint density at radius 3 is 2.92 bits per heavy atom. The Kier molecular flexibility index (Phi) is 2.84. The van der Waals surface area contributed by atoms with Gasteiger partial charge in [-0.3, -0.25) is 9.59 Å². The largest absolute Gasteiger partial charge is 0.469 e. The molecule has 1 N–H and O–H groups in total. The molecular formula is C9H11NO3. The molecule has 0 atom stereocenters. The number of carbonyl (C=O) groups excluding carboxylic acids is 1. The monoisotopic (exact) mass is 181 g/mol. The average Bonchev–Trinajstić information content (AvgIpc) is 2.13. The number of aromatic amines is 1. The summed E-state index contributed by atoms with van der Waals surface area (Å²) in [5.41, 5.74) is 1.10. The highest BCUT2D eigenvalue weighted by Crippen LogP contribution is 2.02. The van der Waals surface area contributed by atoms with Crippen molar-refractivity contribution in [3.63, 3.8) is 0 Å². The number of aromatic nitrogens is 1. The Labute approximate surface area is 75.5 Å². The van der Waals surface area contributed by atoms with Crippen molar-refractivity contribution in [2.75, 3.05) is 7.11 Å². The molecule has 0 aliphatic carbocycles. The fraction of sp³-hybridized carbons (Fsp3) is 0.333. The molecule has 0 aliphatic heterocycles. The van der Waals surface area contributed by atoms with Gasteiger partial charge in [0.05, 0.1) is 13.5 Å². The smallest absolute Gasteiger partial charge is 0.309 e. The maximum Gasteiger partial charge on any atom is 0.309 e. The Morgan fingerprint density at radius 2 is 2.31 bits per heavy atom. The van der Waals surface area contributed by atoms with Crippen molar-refractivity contribution in [2.45, 2.75) is 13.3 Å². The molecule has 0 spiro atoms. The average molecular weight is 181 g/mol. The lowest BCUT2D eigenvalue weighted by molar-refractivity contribution is -0.139. The van der Waals surface area contributed by atoms with E-state index in [1.807, 2.05) is 0 Å². The lowest BCUT2D eigenvalue weighted by Crippen LogP contribution is -2.14. The molecule has 0 saturated heterocycles. The number of hydrogen-bond donors (Lipinski definition) is 1. The second kappa shape index (κ2) is 3.89. The summed E-state index contributed by atoms with van der Waals surface area (Å²) in [6.07, 6.45) is 1.67. The van der Waals surface area contributed by atoms with Gasteiger partial charge in [-0.05, 0) is 18.6 Å². The lowest BCUT2D eigenvalue weighted by Gasteiger charge is -2.01. The second-order valence-electron chi connectivity index (χ2n) is 2.71. The van der Waals surface area contributed by atoms with Crippen LogP contribution < -0.4 is 5.56 Å². The quantitative estimate of drug-likeness (QED) is 0.672. The summed E-state index contributed by atoms with van der Waals surface area (Å²) in [6.45, 7) is 1.68. The third-order valence-electron chi connectivity index (χ3n) is 1.88. The topological polar surface area (TPSA) is 59.2 Å². The molecule has 0 aliphatic rings. The molecule has 0 saturated carbocycles. The normalized spacial score (nSPS) is 9.69. The zero-order valence-corrected chi connectivity index (χ0v) is 7.59. The van der Waals surface area contributed by atoms with Crippen LogP contribution in [-0.4, -0.2) is 18.1 Å². The van der Waals surface area contributed by atoms with Crippen LogP contribution in [0.4, 0.5) is 0 Å². The van der Waals surface area contributed by atoms with Crippen molar-refractivity contribution in [3.8, 4) is 0 Å². The van der Waals surface area contributed by atoms with Gasteiger partial charge in [-0.1, -0.05) is 0 Å². The van der Waals surface area contributed by atoms with Crippen molar-refractivity contribution in [3.05, 3.63) is 33.7 Å². The first kappa shape index (κ1) is 9.51. The Balaban J connectivity index is 2.96. The summed E-state index contributed by atoms with van der Waals surface area (Å²) in [4.78, 5) is 24.5. The first-order valence-corrected chi connectivity index (χ1v) is 3.89. The van der Waals surface area contributed by atoms with E-state index in [1.165, 1.54) is 13.3 Å². The van der Waals surface area contributed by atoms with Crippen LogP contribution in [0.15, 0.2) is 17.1 Å². The van der Waals surface area contributed by atoms with Crippen LogP contribution in [-0.2, 0) is 16.0 Å². The summed E-state index contributed by atoms with van der Waals surface area (Å²) in [6, 6.07) is 1.70. The number of ether oxygens (including phenoxy) is 1. The van der Waals surface area contributed by atoms with Gasteiger partial charge in [0.1, 0.15) is 0 Å². The number of hydrogen-bond acceptors (Lipinski definition) is 3.